The molecule has 2 aliphatic rings. The van der Waals surface area contributed by atoms with Crippen molar-refractivity contribution in [2.45, 2.75) is 52.1 Å². The van der Waals surface area contributed by atoms with Crippen LogP contribution in [0.1, 0.15) is 58.9 Å². The van der Waals surface area contributed by atoms with E-state index in [-0.39, 0.29) is 18.0 Å². The first-order chi connectivity index (χ1) is 16.0. The quantitative estimate of drug-likeness (QED) is 0.558. The summed E-state index contributed by atoms with van der Waals surface area (Å²) in [7, 11) is 0. The second kappa shape index (κ2) is 9.02. The van der Waals surface area contributed by atoms with Crippen molar-refractivity contribution < 1.29 is 4.79 Å². The highest BCUT2D eigenvalue weighted by molar-refractivity contribution is 6.07. The summed E-state index contributed by atoms with van der Waals surface area (Å²) >= 11 is 0. The molecule has 3 aromatic rings. The topological polar surface area (TPSA) is 95.1 Å². The summed E-state index contributed by atoms with van der Waals surface area (Å²) in [5.41, 5.74) is 4.83. The molecule has 1 amide bonds. The van der Waals surface area contributed by atoms with E-state index in [2.05, 4.69) is 31.3 Å². The Morgan fingerprint density at radius 1 is 1.15 bits per heavy atom. The Kier molecular flexibility index (Phi) is 5.93. The van der Waals surface area contributed by atoms with Gasteiger partial charge in [0, 0.05) is 55.1 Å². The number of aromatic nitrogens is 3. The summed E-state index contributed by atoms with van der Waals surface area (Å²) in [6.07, 6.45) is 6.54. The van der Waals surface area contributed by atoms with E-state index in [9.17, 15) is 9.59 Å². The van der Waals surface area contributed by atoms with E-state index in [0.717, 1.165) is 66.9 Å². The molecule has 1 aromatic carbocycles. The molecule has 0 bridgehead atoms. The third kappa shape index (κ3) is 4.27. The monoisotopic (exact) mass is 448 g/mol. The van der Waals surface area contributed by atoms with E-state index >= 15 is 0 Å². The van der Waals surface area contributed by atoms with Gasteiger partial charge in [0.1, 0.15) is 0 Å². The minimum absolute atomic E-state index is 0.151. The summed E-state index contributed by atoms with van der Waals surface area (Å²) in [5.74, 6) is -0.178. The summed E-state index contributed by atoms with van der Waals surface area (Å²) in [5, 5.41) is 12.0. The van der Waals surface area contributed by atoms with Crippen LogP contribution in [0.3, 0.4) is 0 Å². The standard InChI is InChI=1S/C25H32N6O2/c1-16-11-17(2)29-25(33)21(16)14-27-24(32)20-12-19(30-9-7-26-8-10-30)13-23-22(20)15-28-31(23)18-5-3-4-6-18/h11-13,15,18,26H,3-10,14H2,1-2H3,(H,27,32)(H,29,33). The van der Waals surface area contributed by atoms with Gasteiger partial charge in [0.25, 0.3) is 11.5 Å². The molecule has 1 saturated heterocycles. The SMILES string of the molecule is Cc1cc(C)c(CNC(=O)c2cc(N3CCNCC3)cc3c2cnn3C2CCCC2)c(=O)[nH]1. The van der Waals surface area contributed by atoms with Crippen LogP contribution in [0.4, 0.5) is 5.69 Å². The van der Waals surface area contributed by atoms with Gasteiger partial charge in [-0.1, -0.05) is 12.8 Å². The second-order valence-corrected chi connectivity index (χ2v) is 9.32. The lowest BCUT2D eigenvalue weighted by molar-refractivity contribution is 0.0952. The number of rotatable bonds is 5. The van der Waals surface area contributed by atoms with E-state index in [0.29, 0.717) is 17.2 Å². The average Bonchev–Trinajstić information content (AvgIpc) is 3.48. The number of aromatic amines is 1. The molecule has 1 aliphatic carbocycles. The number of carbonyl (C=O) groups is 1. The number of amides is 1. The lowest BCUT2D eigenvalue weighted by Crippen LogP contribution is -2.43. The molecule has 3 heterocycles. The number of hydrogen-bond donors (Lipinski definition) is 3. The van der Waals surface area contributed by atoms with Gasteiger partial charge >= 0.3 is 0 Å². The fraction of sp³-hybridized carbons (Fsp3) is 0.480. The number of nitrogens with zero attached hydrogens (tertiary/aromatic N) is 3. The molecular weight excluding hydrogens is 416 g/mol. The largest absolute Gasteiger partial charge is 0.369 e. The summed E-state index contributed by atoms with van der Waals surface area (Å²) in [6, 6.07) is 6.50. The van der Waals surface area contributed by atoms with Crippen molar-refractivity contribution in [2.75, 3.05) is 31.1 Å². The fourth-order valence-electron chi connectivity index (χ4n) is 5.23. The molecule has 5 rings (SSSR count). The van der Waals surface area contributed by atoms with Crippen molar-refractivity contribution in [3.63, 3.8) is 0 Å². The molecular formula is C25H32N6O2. The van der Waals surface area contributed by atoms with E-state index in [4.69, 9.17) is 5.10 Å². The fourth-order valence-corrected chi connectivity index (χ4v) is 5.23. The highest BCUT2D eigenvalue weighted by Gasteiger charge is 2.24. The summed E-state index contributed by atoms with van der Waals surface area (Å²) < 4.78 is 2.12. The number of piperazine rings is 1. The van der Waals surface area contributed by atoms with E-state index in [1.165, 1.54) is 12.8 Å². The van der Waals surface area contributed by atoms with Crippen LogP contribution in [0.15, 0.2) is 29.2 Å². The lowest BCUT2D eigenvalue weighted by Gasteiger charge is -2.30. The number of aryl methyl sites for hydroxylation is 2. The van der Waals surface area contributed by atoms with Crippen molar-refractivity contribution in [2.24, 2.45) is 0 Å². The Hall–Kier alpha value is -3.13. The maximum absolute atomic E-state index is 13.4. The van der Waals surface area contributed by atoms with Crippen LogP contribution >= 0.6 is 0 Å². The Morgan fingerprint density at radius 2 is 1.91 bits per heavy atom. The van der Waals surface area contributed by atoms with Crippen molar-refractivity contribution in [3.8, 4) is 0 Å². The molecule has 0 radical (unpaired) electrons. The average molecular weight is 449 g/mol. The van der Waals surface area contributed by atoms with Crippen LogP contribution in [0.25, 0.3) is 10.9 Å². The Bertz CT molecular complexity index is 1230. The molecule has 3 N–H and O–H groups in total. The number of carbonyl (C=O) groups excluding carboxylic acids is 1. The molecule has 2 fully saturated rings. The van der Waals surface area contributed by atoms with E-state index in [1.807, 2.05) is 32.2 Å². The van der Waals surface area contributed by atoms with Crippen LogP contribution < -0.4 is 21.1 Å². The minimum atomic E-state index is -0.178. The number of nitrogens with one attached hydrogen (secondary N) is 3. The molecule has 174 valence electrons. The first-order valence-electron chi connectivity index (χ1n) is 12.0. The predicted molar refractivity (Wildman–Crippen MR) is 130 cm³/mol. The highest BCUT2D eigenvalue weighted by Crippen LogP contribution is 2.34. The third-order valence-corrected chi connectivity index (χ3v) is 7.02. The molecule has 33 heavy (non-hydrogen) atoms. The molecule has 0 unspecified atom stereocenters. The zero-order valence-electron chi connectivity index (χ0n) is 19.4. The molecule has 1 aliphatic heterocycles. The van der Waals surface area contributed by atoms with Crippen molar-refractivity contribution in [1.29, 1.82) is 0 Å². The van der Waals surface area contributed by atoms with Crippen molar-refractivity contribution in [3.05, 3.63) is 57.1 Å². The van der Waals surface area contributed by atoms with Gasteiger partial charge in [0.05, 0.1) is 23.3 Å². The second-order valence-electron chi connectivity index (χ2n) is 9.32. The van der Waals surface area contributed by atoms with Crippen LogP contribution in [0, 0.1) is 13.8 Å². The molecule has 8 heteroatoms. The van der Waals surface area contributed by atoms with Crippen LogP contribution in [-0.2, 0) is 6.54 Å². The minimum Gasteiger partial charge on any atom is -0.369 e. The molecule has 8 nitrogen and oxygen atoms in total. The van der Waals surface area contributed by atoms with Gasteiger partial charge < -0.3 is 20.5 Å². The van der Waals surface area contributed by atoms with Gasteiger partial charge in [-0.15, -0.1) is 0 Å². The van der Waals surface area contributed by atoms with Gasteiger partial charge in [-0.05, 0) is 50.5 Å². The van der Waals surface area contributed by atoms with Crippen molar-refractivity contribution in [1.82, 2.24) is 25.4 Å². The zero-order chi connectivity index (χ0) is 22.9. The highest BCUT2D eigenvalue weighted by atomic mass is 16.1. The summed E-state index contributed by atoms with van der Waals surface area (Å²) in [6.45, 7) is 7.62. The third-order valence-electron chi connectivity index (χ3n) is 7.02. The first-order valence-corrected chi connectivity index (χ1v) is 12.0. The normalized spacial score (nSPS) is 17.1. The number of H-pyrrole nitrogens is 1. The Morgan fingerprint density at radius 3 is 2.64 bits per heavy atom. The van der Waals surface area contributed by atoms with Gasteiger partial charge in [-0.3, -0.25) is 14.3 Å². The summed E-state index contributed by atoms with van der Waals surface area (Å²) in [4.78, 5) is 30.9. The molecule has 0 atom stereocenters. The van der Waals surface area contributed by atoms with Crippen LogP contribution in [0.2, 0.25) is 0 Å². The van der Waals surface area contributed by atoms with Gasteiger partial charge in [-0.25, -0.2) is 0 Å². The van der Waals surface area contributed by atoms with Crippen molar-refractivity contribution >= 4 is 22.5 Å². The number of anilines is 1. The van der Waals surface area contributed by atoms with Gasteiger partial charge in [-0.2, -0.15) is 5.10 Å². The van der Waals surface area contributed by atoms with E-state index in [1.54, 1.807) is 0 Å². The number of fused-ring (bicyclic) bond motifs is 1. The van der Waals surface area contributed by atoms with Crippen LogP contribution in [0.5, 0.6) is 0 Å². The Labute approximate surface area is 193 Å². The molecule has 2 aromatic heterocycles. The Balaban J connectivity index is 1.50. The number of benzene rings is 1. The van der Waals surface area contributed by atoms with Gasteiger partial charge in [0.2, 0.25) is 0 Å². The smallest absolute Gasteiger partial charge is 0.253 e. The lowest BCUT2D eigenvalue weighted by atomic mass is 10.1. The maximum atomic E-state index is 13.4. The maximum Gasteiger partial charge on any atom is 0.253 e. The van der Waals surface area contributed by atoms with E-state index < -0.39 is 0 Å². The zero-order valence-corrected chi connectivity index (χ0v) is 19.4. The number of pyridine rings is 1. The van der Waals surface area contributed by atoms with Gasteiger partial charge in [0.15, 0.2) is 0 Å². The molecule has 1 saturated carbocycles. The first kappa shape index (κ1) is 21.7. The predicted octanol–water partition coefficient (Wildman–Crippen LogP) is 2.80. The van der Waals surface area contributed by atoms with Crippen LogP contribution in [-0.4, -0.2) is 46.9 Å². The number of hydrogen-bond acceptors (Lipinski definition) is 5. The molecule has 0 spiro atoms.